The summed E-state index contributed by atoms with van der Waals surface area (Å²) in [4.78, 5) is 15.0. The highest BCUT2D eigenvalue weighted by Gasteiger charge is 2.15. The summed E-state index contributed by atoms with van der Waals surface area (Å²) in [5, 5.41) is 3.73. The minimum absolute atomic E-state index is 0.0736. The van der Waals surface area contributed by atoms with Gasteiger partial charge in [-0.05, 0) is 96.0 Å². The zero-order valence-electron chi connectivity index (χ0n) is 35.9. The predicted octanol–water partition coefficient (Wildman–Crippen LogP) is 13.3. The van der Waals surface area contributed by atoms with Crippen LogP contribution in [0, 0.1) is 0 Å². The van der Waals surface area contributed by atoms with E-state index in [1.54, 1.807) is 6.07 Å². The topological polar surface area (TPSA) is 38.7 Å². The zero-order valence-corrected chi connectivity index (χ0v) is 28.9. The van der Waals surface area contributed by atoms with E-state index >= 15 is 0 Å². The largest absolute Gasteiger partial charge is 0.208 e. The monoisotopic (exact) mass is 694 g/mol. The molecule has 0 bridgehead atoms. The van der Waals surface area contributed by atoms with Crippen molar-refractivity contribution in [1.82, 2.24) is 15.0 Å². The first-order valence-corrected chi connectivity index (χ1v) is 17.7. The lowest BCUT2D eigenvalue weighted by molar-refractivity contribution is 1.07. The maximum atomic E-state index is 9.14. The van der Waals surface area contributed by atoms with Crippen molar-refractivity contribution in [2.24, 2.45) is 0 Å². The molecule has 0 atom stereocenters. The third kappa shape index (κ3) is 5.98. The summed E-state index contributed by atoms with van der Waals surface area (Å²) in [5.41, 5.74) is 7.20. The first-order valence-electron chi connectivity index (χ1n) is 21.2. The number of fused-ring (bicyclic) bond motifs is 3. The molecule has 54 heavy (non-hydrogen) atoms. The van der Waals surface area contributed by atoms with Crippen LogP contribution in [0.3, 0.4) is 0 Å². The molecule has 9 aromatic carbocycles. The molecule has 0 aliphatic rings. The van der Waals surface area contributed by atoms with Gasteiger partial charge in [0.1, 0.15) is 0 Å². The van der Waals surface area contributed by atoms with Gasteiger partial charge in [-0.3, -0.25) is 0 Å². The number of benzene rings is 9. The molecule has 10 aromatic rings. The standard InChI is InChI=1S/C51H33N3/c1-3-11-34(12-4-1)39-25-26-42-31-46(28-27-40(42)30-39)51-53-49(37-14-5-2-6-15-37)52-50(54-51)45-19-9-18-44(32-45)47-20-10-17-36-22-24-43(33-48(36)47)41-23-21-35-13-7-8-16-38(35)29-41/h1-33H/i7D,8D,13D,16D,21D,23D,29D. The van der Waals surface area contributed by atoms with E-state index < -0.39 is 24.2 Å². The normalized spacial score (nSPS) is 13.1. The van der Waals surface area contributed by atoms with E-state index in [0.29, 0.717) is 23.0 Å². The average molecular weight is 695 g/mol. The van der Waals surface area contributed by atoms with Crippen molar-refractivity contribution in [2.45, 2.75) is 0 Å². The molecule has 0 unspecified atom stereocenters. The lowest BCUT2D eigenvalue weighted by Gasteiger charge is -2.12. The van der Waals surface area contributed by atoms with Gasteiger partial charge in [-0.15, -0.1) is 0 Å². The fourth-order valence-electron chi connectivity index (χ4n) is 6.98. The minimum Gasteiger partial charge on any atom is -0.208 e. The summed E-state index contributed by atoms with van der Waals surface area (Å²) in [6.07, 6.45) is 0. The Morgan fingerprint density at radius 1 is 0.315 bits per heavy atom. The maximum absolute atomic E-state index is 9.14. The molecule has 0 spiro atoms. The highest BCUT2D eigenvalue weighted by molar-refractivity contribution is 6.00. The molecule has 0 aliphatic heterocycles. The number of aromatic nitrogens is 3. The first-order chi connectivity index (χ1) is 29.6. The Hall–Kier alpha value is -7.23. The SMILES string of the molecule is [2H]c1c([2H])c([2H])c2c([2H])c(-c3ccc4cccc(-c5cccc(-c6nc(-c7ccccc7)nc(-c7ccc8cc(-c9ccccc9)ccc8c7)n6)c5)c4c3)c([2H])c([2H])c2c1[2H]. The van der Waals surface area contributed by atoms with E-state index in [-0.39, 0.29) is 34.5 Å². The molecule has 3 nitrogen and oxygen atoms in total. The van der Waals surface area contributed by atoms with Crippen LogP contribution in [0.1, 0.15) is 9.60 Å². The van der Waals surface area contributed by atoms with Gasteiger partial charge in [-0.1, -0.05) is 170 Å². The van der Waals surface area contributed by atoms with Crippen molar-refractivity contribution in [3.8, 4) is 67.5 Å². The molecular formula is C51H33N3. The molecule has 0 amide bonds. The fourth-order valence-corrected chi connectivity index (χ4v) is 6.98. The van der Waals surface area contributed by atoms with Gasteiger partial charge in [-0.2, -0.15) is 0 Å². The summed E-state index contributed by atoms with van der Waals surface area (Å²) in [6.45, 7) is 0. The summed E-state index contributed by atoms with van der Waals surface area (Å²) in [5.74, 6) is 1.60. The molecule has 1 aromatic heterocycles. The van der Waals surface area contributed by atoms with Crippen molar-refractivity contribution >= 4 is 32.3 Å². The Kier molecular flexibility index (Phi) is 6.17. The Morgan fingerprint density at radius 3 is 1.63 bits per heavy atom. The molecule has 0 aliphatic carbocycles. The summed E-state index contributed by atoms with van der Waals surface area (Å²) in [7, 11) is 0. The number of rotatable bonds is 6. The van der Waals surface area contributed by atoms with Crippen LogP contribution in [0.4, 0.5) is 0 Å². The molecule has 0 N–H and O–H groups in total. The molecule has 252 valence electrons. The lowest BCUT2D eigenvalue weighted by atomic mass is 9.93. The average Bonchev–Trinajstić information content (AvgIpc) is 3.31. The Bertz CT molecular complexity index is 3390. The van der Waals surface area contributed by atoms with E-state index in [1.807, 2.05) is 109 Å². The summed E-state index contributed by atoms with van der Waals surface area (Å²) >= 11 is 0. The number of nitrogens with zero attached hydrogens (tertiary/aromatic N) is 3. The molecule has 1 heterocycles. The van der Waals surface area contributed by atoms with Crippen LogP contribution in [0.5, 0.6) is 0 Å². The highest BCUT2D eigenvalue weighted by Crippen LogP contribution is 2.36. The Balaban J connectivity index is 1.09. The second kappa shape index (κ2) is 13.4. The van der Waals surface area contributed by atoms with Crippen LogP contribution in [-0.2, 0) is 0 Å². The zero-order chi connectivity index (χ0) is 41.9. The quantitative estimate of drug-likeness (QED) is 0.174. The van der Waals surface area contributed by atoms with E-state index in [1.165, 1.54) is 0 Å². The molecule has 0 saturated carbocycles. The van der Waals surface area contributed by atoms with E-state index in [0.717, 1.165) is 60.5 Å². The van der Waals surface area contributed by atoms with Crippen molar-refractivity contribution in [3.63, 3.8) is 0 Å². The Morgan fingerprint density at radius 2 is 0.870 bits per heavy atom. The third-order valence-corrected chi connectivity index (χ3v) is 9.73. The molecule has 0 saturated heterocycles. The third-order valence-electron chi connectivity index (χ3n) is 9.73. The maximum Gasteiger partial charge on any atom is 0.164 e. The van der Waals surface area contributed by atoms with Gasteiger partial charge < -0.3 is 0 Å². The van der Waals surface area contributed by atoms with Gasteiger partial charge in [0.2, 0.25) is 0 Å². The van der Waals surface area contributed by atoms with Gasteiger partial charge in [0.15, 0.2) is 17.5 Å². The van der Waals surface area contributed by atoms with Gasteiger partial charge >= 0.3 is 0 Å². The Labute approximate surface area is 323 Å². The van der Waals surface area contributed by atoms with Gasteiger partial charge in [0.25, 0.3) is 0 Å². The van der Waals surface area contributed by atoms with Crippen molar-refractivity contribution in [3.05, 3.63) is 200 Å². The molecule has 10 rings (SSSR count). The van der Waals surface area contributed by atoms with Crippen LogP contribution < -0.4 is 0 Å². The van der Waals surface area contributed by atoms with Crippen molar-refractivity contribution in [2.75, 3.05) is 0 Å². The fraction of sp³-hybridized carbons (Fsp3) is 0. The van der Waals surface area contributed by atoms with Crippen LogP contribution in [-0.4, -0.2) is 15.0 Å². The van der Waals surface area contributed by atoms with Crippen LogP contribution in [0.25, 0.3) is 99.9 Å². The summed E-state index contributed by atoms with van der Waals surface area (Å²) < 4.78 is 60.3. The van der Waals surface area contributed by atoms with E-state index in [4.69, 9.17) is 24.5 Å². The van der Waals surface area contributed by atoms with E-state index in [2.05, 4.69) is 42.5 Å². The second-order valence-electron chi connectivity index (χ2n) is 13.1. The van der Waals surface area contributed by atoms with Crippen molar-refractivity contribution < 1.29 is 9.60 Å². The van der Waals surface area contributed by atoms with Gasteiger partial charge in [-0.25, -0.2) is 15.0 Å². The lowest BCUT2D eigenvalue weighted by Crippen LogP contribution is -2.00. The smallest absolute Gasteiger partial charge is 0.164 e. The number of hydrogen-bond donors (Lipinski definition) is 0. The van der Waals surface area contributed by atoms with Gasteiger partial charge in [0.05, 0.1) is 9.60 Å². The molecule has 3 heteroatoms. The van der Waals surface area contributed by atoms with Gasteiger partial charge in [0, 0.05) is 16.7 Å². The highest BCUT2D eigenvalue weighted by atomic mass is 15.0. The van der Waals surface area contributed by atoms with Crippen LogP contribution >= 0.6 is 0 Å². The van der Waals surface area contributed by atoms with E-state index in [9.17, 15) is 0 Å². The summed E-state index contributed by atoms with van der Waals surface area (Å²) in [6, 6.07) is 49.8. The van der Waals surface area contributed by atoms with Crippen molar-refractivity contribution in [1.29, 1.82) is 0 Å². The first kappa shape index (κ1) is 24.9. The minimum atomic E-state index is -0.494. The van der Waals surface area contributed by atoms with Crippen LogP contribution in [0.2, 0.25) is 0 Å². The van der Waals surface area contributed by atoms with Crippen LogP contribution in [0.15, 0.2) is 200 Å². The molecule has 0 fully saturated rings. The molecular weight excluding hydrogens is 655 g/mol. The predicted molar refractivity (Wildman–Crippen MR) is 225 cm³/mol. The second-order valence-corrected chi connectivity index (χ2v) is 13.1. The molecule has 0 radical (unpaired) electrons. The number of hydrogen-bond acceptors (Lipinski definition) is 3.